The minimum atomic E-state index is -3.35. The number of aromatic nitrogens is 1. The number of fused-ring (bicyclic) bond motifs is 1. The Morgan fingerprint density at radius 3 is 2.19 bits per heavy atom. The molecule has 1 aromatic heterocycles. The third-order valence-electron chi connectivity index (χ3n) is 5.69. The van der Waals surface area contributed by atoms with Crippen LogP contribution in [0.4, 0.5) is 4.39 Å². The highest BCUT2D eigenvalue weighted by Gasteiger charge is 2.30. The van der Waals surface area contributed by atoms with Gasteiger partial charge in [-0.25, -0.2) is 12.8 Å². The molecule has 37 heavy (non-hydrogen) atoms. The fourth-order valence-corrected chi connectivity index (χ4v) is 4.42. The monoisotopic (exact) mass is 529 g/mol. The van der Waals surface area contributed by atoms with E-state index in [9.17, 15) is 32.3 Å². The molecule has 0 bridgehead atoms. The Morgan fingerprint density at radius 2 is 1.59 bits per heavy atom. The Balaban J connectivity index is 0.00000186. The Labute approximate surface area is 214 Å². The maximum atomic E-state index is 13.1. The molecular formula is C26H28FN3O6S. The fourth-order valence-electron chi connectivity index (χ4n) is 3.79. The molecule has 0 fully saturated rings. The molecule has 3 aromatic rings. The second-order valence-electron chi connectivity index (χ2n) is 8.21. The van der Waals surface area contributed by atoms with Crippen LogP contribution in [0.5, 0.6) is 5.75 Å². The van der Waals surface area contributed by atoms with E-state index in [1.54, 1.807) is 24.3 Å². The quantitative estimate of drug-likeness (QED) is 0.506. The van der Waals surface area contributed by atoms with Crippen molar-refractivity contribution < 1.29 is 27.5 Å². The van der Waals surface area contributed by atoms with Gasteiger partial charge in [0.2, 0.25) is 5.43 Å². The first kappa shape index (κ1) is 27.6. The van der Waals surface area contributed by atoms with Crippen LogP contribution in [0.15, 0.2) is 64.4 Å². The first-order valence-corrected chi connectivity index (χ1v) is 13.5. The molecular weight excluding hydrogens is 501 g/mol. The van der Waals surface area contributed by atoms with E-state index in [1.165, 1.54) is 39.9 Å². The van der Waals surface area contributed by atoms with Gasteiger partial charge in [-0.05, 0) is 35.4 Å². The van der Waals surface area contributed by atoms with Crippen molar-refractivity contribution in [1.82, 2.24) is 14.8 Å². The number of hydrogen-bond donors (Lipinski definition) is 2. The average Bonchev–Trinajstić information content (AvgIpc) is 2.88. The van der Waals surface area contributed by atoms with Crippen molar-refractivity contribution in [2.45, 2.75) is 38.4 Å². The van der Waals surface area contributed by atoms with Gasteiger partial charge in [0.05, 0.1) is 4.90 Å². The standard InChI is InChI=1S/C24H22FN3O6S.C2H6/c1-35(33,34)18-8-4-15(5-9-18)12-26-23(31)19-14-27-10-11-28(13-16-2-6-17(25)7-3-16)24(32)20(27)22(30)21(19)29;1-2/h2-9,14,30H,10-13H2,1H3,(H,26,31);1-2H3. The van der Waals surface area contributed by atoms with E-state index in [4.69, 9.17) is 0 Å². The number of amides is 2. The molecule has 9 nitrogen and oxygen atoms in total. The number of pyridine rings is 1. The zero-order valence-electron chi connectivity index (χ0n) is 20.7. The summed E-state index contributed by atoms with van der Waals surface area (Å²) in [4.78, 5) is 39.9. The highest BCUT2D eigenvalue weighted by atomic mass is 32.2. The average molecular weight is 530 g/mol. The van der Waals surface area contributed by atoms with Crippen LogP contribution in [0.25, 0.3) is 0 Å². The Hall–Kier alpha value is -3.99. The van der Waals surface area contributed by atoms with Crippen molar-refractivity contribution in [1.29, 1.82) is 0 Å². The van der Waals surface area contributed by atoms with Crippen LogP contribution in [-0.2, 0) is 29.5 Å². The highest BCUT2D eigenvalue weighted by molar-refractivity contribution is 7.90. The van der Waals surface area contributed by atoms with Gasteiger partial charge < -0.3 is 19.9 Å². The molecule has 0 unspecified atom stereocenters. The lowest BCUT2D eigenvalue weighted by Gasteiger charge is -2.30. The van der Waals surface area contributed by atoms with Crippen LogP contribution in [0.3, 0.4) is 0 Å². The van der Waals surface area contributed by atoms with Gasteiger partial charge in [-0.2, -0.15) is 0 Å². The van der Waals surface area contributed by atoms with Crippen LogP contribution in [0.2, 0.25) is 0 Å². The van der Waals surface area contributed by atoms with Crippen LogP contribution >= 0.6 is 0 Å². The molecule has 0 radical (unpaired) electrons. The zero-order chi connectivity index (χ0) is 27.3. The van der Waals surface area contributed by atoms with Gasteiger partial charge in [-0.15, -0.1) is 0 Å². The number of rotatable bonds is 6. The Bertz CT molecular complexity index is 1470. The summed E-state index contributed by atoms with van der Waals surface area (Å²) in [5.74, 6) is -2.53. The van der Waals surface area contributed by atoms with E-state index >= 15 is 0 Å². The first-order valence-electron chi connectivity index (χ1n) is 11.6. The molecule has 196 valence electrons. The van der Waals surface area contributed by atoms with Crippen molar-refractivity contribution in [3.63, 3.8) is 0 Å². The largest absolute Gasteiger partial charge is 0.503 e. The normalized spacial score (nSPS) is 12.9. The van der Waals surface area contributed by atoms with Crippen molar-refractivity contribution in [3.05, 3.63) is 93.2 Å². The van der Waals surface area contributed by atoms with Crippen LogP contribution in [-0.4, -0.2) is 47.6 Å². The predicted molar refractivity (Wildman–Crippen MR) is 136 cm³/mol. The Kier molecular flexibility index (Phi) is 8.49. The van der Waals surface area contributed by atoms with E-state index < -0.39 is 38.6 Å². The van der Waals surface area contributed by atoms with E-state index in [0.717, 1.165) is 6.26 Å². The van der Waals surface area contributed by atoms with Crippen LogP contribution in [0.1, 0.15) is 45.8 Å². The van der Waals surface area contributed by atoms with E-state index in [-0.39, 0.29) is 42.3 Å². The minimum Gasteiger partial charge on any atom is -0.503 e. The Morgan fingerprint density at radius 1 is 1.00 bits per heavy atom. The van der Waals surface area contributed by atoms with Crippen molar-refractivity contribution in [2.75, 3.05) is 12.8 Å². The topological polar surface area (TPSA) is 126 Å². The molecule has 1 aliphatic heterocycles. The molecule has 2 heterocycles. The third-order valence-corrected chi connectivity index (χ3v) is 6.82. The van der Waals surface area contributed by atoms with Gasteiger partial charge in [0.1, 0.15) is 11.4 Å². The maximum Gasteiger partial charge on any atom is 0.274 e. The van der Waals surface area contributed by atoms with Gasteiger partial charge in [-0.3, -0.25) is 14.4 Å². The molecule has 0 saturated heterocycles. The van der Waals surface area contributed by atoms with Gasteiger partial charge in [-0.1, -0.05) is 38.1 Å². The van der Waals surface area contributed by atoms with Crippen LogP contribution in [0, 0.1) is 5.82 Å². The zero-order valence-corrected chi connectivity index (χ0v) is 21.5. The number of benzene rings is 2. The predicted octanol–water partition coefficient (Wildman–Crippen LogP) is 2.71. The van der Waals surface area contributed by atoms with Crippen molar-refractivity contribution in [3.8, 4) is 5.75 Å². The molecule has 2 aromatic carbocycles. The number of nitrogens with one attached hydrogen (secondary N) is 1. The molecule has 0 spiro atoms. The fraction of sp³-hybridized carbons (Fsp3) is 0.269. The SMILES string of the molecule is CC.CS(=O)(=O)c1ccc(CNC(=O)c2cn3c(c(O)c2=O)C(=O)N(Cc2ccc(F)cc2)CC3)cc1. The number of nitrogens with zero attached hydrogens (tertiary/aromatic N) is 2. The summed E-state index contributed by atoms with van der Waals surface area (Å²) in [6.07, 6.45) is 2.33. The van der Waals surface area contributed by atoms with Gasteiger partial charge >= 0.3 is 0 Å². The maximum absolute atomic E-state index is 13.1. The summed E-state index contributed by atoms with van der Waals surface area (Å²) >= 11 is 0. The lowest BCUT2D eigenvalue weighted by molar-refractivity contribution is 0.0681. The smallest absolute Gasteiger partial charge is 0.274 e. The third kappa shape index (κ3) is 6.23. The van der Waals surface area contributed by atoms with Gasteiger partial charge in [0.15, 0.2) is 21.3 Å². The number of halogens is 1. The summed E-state index contributed by atoms with van der Waals surface area (Å²) in [7, 11) is -3.35. The van der Waals surface area contributed by atoms with Crippen molar-refractivity contribution in [2.24, 2.45) is 0 Å². The first-order chi connectivity index (χ1) is 17.5. The van der Waals surface area contributed by atoms with Crippen molar-refractivity contribution >= 4 is 21.7 Å². The molecule has 0 saturated carbocycles. The summed E-state index contributed by atoms with van der Waals surface area (Å²) in [6, 6.07) is 11.6. The molecule has 4 rings (SSSR count). The van der Waals surface area contributed by atoms with E-state index in [2.05, 4.69) is 5.32 Å². The number of carbonyl (C=O) groups excluding carboxylic acids is 2. The second-order valence-corrected chi connectivity index (χ2v) is 10.2. The summed E-state index contributed by atoms with van der Waals surface area (Å²) < 4.78 is 37.6. The minimum absolute atomic E-state index is 0.0230. The second kappa shape index (κ2) is 11.4. The lowest BCUT2D eigenvalue weighted by atomic mass is 10.1. The number of carbonyl (C=O) groups is 2. The van der Waals surface area contributed by atoms with Gasteiger partial charge in [0.25, 0.3) is 11.8 Å². The highest BCUT2D eigenvalue weighted by Crippen LogP contribution is 2.22. The van der Waals surface area contributed by atoms with Gasteiger partial charge in [0, 0.05) is 38.6 Å². The summed E-state index contributed by atoms with van der Waals surface area (Å²) in [6.45, 7) is 4.70. The molecule has 2 amide bonds. The summed E-state index contributed by atoms with van der Waals surface area (Å²) in [5.41, 5.74) is -0.205. The van der Waals surface area contributed by atoms with E-state index in [1.807, 2.05) is 13.8 Å². The molecule has 0 atom stereocenters. The lowest BCUT2D eigenvalue weighted by Crippen LogP contribution is -2.42. The molecule has 11 heteroatoms. The summed E-state index contributed by atoms with van der Waals surface area (Å²) in [5, 5.41) is 13.1. The molecule has 1 aliphatic rings. The number of sulfone groups is 1. The van der Waals surface area contributed by atoms with E-state index in [0.29, 0.717) is 11.1 Å². The molecule has 2 N–H and O–H groups in total. The van der Waals surface area contributed by atoms with Crippen LogP contribution < -0.4 is 10.7 Å². The number of hydrogen-bond acceptors (Lipinski definition) is 6. The number of aromatic hydroxyl groups is 1. The molecule has 0 aliphatic carbocycles.